The van der Waals surface area contributed by atoms with Crippen LogP contribution in [0.3, 0.4) is 0 Å². The van der Waals surface area contributed by atoms with E-state index in [2.05, 4.69) is 5.32 Å². The molecule has 0 bridgehead atoms. The zero-order valence-corrected chi connectivity index (χ0v) is 20.1. The molecule has 0 fully saturated rings. The Morgan fingerprint density at radius 3 is 1.97 bits per heavy atom. The Balaban J connectivity index is 2.25. The van der Waals surface area contributed by atoms with Crippen molar-refractivity contribution in [2.45, 2.75) is 26.9 Å². The van der Waals surface area contributed by atoms with Crippen LogP contribution >= 0.6 is 46.4 Å². The number of esters is 1. The summed E-state index contributed by atoms with van der Waals surface area (Å²) in [5.41, 5.74) is 1.38. The summed E-state index contributed by atoms with van der Waals surface area (Å²) in [5.74, 6) is -0.585. The molecular weight excluding hydrogens is 484 g/mol. The van der Waals surface area contributed by atoms with Gasteiger partial charge >= 0.3 is 12.1 Å². The molecule has 0 saturated carbocycles. The highest BCUT2D eigenvalue weighted by Gasteiger charge is 2.27. The van der Waals surface area contributed by atoms with E-state index in [-0.39, 0.29) is 12.5 Å². The molecule has 31 heavy (non-hydrogen) atoms. The van der Waals surface area contributed by atoms with Crippen molar-refractivity contribution in [2.75, 3.05) is 11.9 Å². The highest BCUT2D eigenvalue weighted by atomic mass is 35.5. The SMILES string of the molecule is CC(=Cc1cc(Cl)cc(Cl)c1)C(OC(=O)Nc1cc(Cl)cc(Cl)c1)C(=O)OCC(C)C. The second-order valence-electron chi connectivity index (χ2n) is 7.18. The first-order valence-corrected chi connectivity index (χ1v) is 10.8. The van der Waals surface area contributed by atoms with Crippen LogP contribution in [0.1, 0.15) is 26.3 Å². The molecular formula is C22H21Cl4NO4. The summed E-state index contributed by atoms with van der Waals surface area (Å²) in [4.78, 5) is 25.1. The van der Waals surface area contributed by atoms with E-state index in [0.29, 0.717) is 36.9 Å². The van der Waals surface area contributed by atoms with Crippen molar-refractivity contribution >= 4 is 70.2 Å². The van der Waals surface area contributed by atoms with Gasteiger partial charge in [-0.1, -0.05) is 66.3 Å². The lowest BCUT2D eigenvalue weighted by Crippen LogP contribution is -2.33. The summed E-state index contributed by atoms with van der Waals surface area (Å²) >= 11 is 24.0. The molecule has 2 aromatic rings. The maximum Gasteiger partial charge on any atom is 0.412 e. The average molecular weight is 505 g/mol. The summed E-state index contributed by atoms with van der Waals surface area (Å²) in [6, 6.07) is 9.44. The molecule has 0 radical (unpaired) electrons. The minimum atomic E-state index is -1.29. The summed E-state index contributed by atoms with van der Waals surface area (Å²) in [5, 5.41) is 4.04. The summed E-state index contributed by atoms with van der Waals surface area (Å²) in [6.07, 6.45) is -0.518. The third-order valence-electron chi connectivity index (χ3n) is 3.80. The molecule has 0 spiro atoms. The molecule has 1 N–H and O–H groups in total. The van der Waals surface area contributed by atoms with Crippen LogP contribution in [0.5, 0.6) is 0 Å². The van der Waals surface area contributed by atoms with Gasteiger partial charge in [0.1, 0.15) is 0 Å². The Morgan fingerprint density at radius 1 is 0.935 bits per heavy atom. The Morgan fingerprint density at radius 2 is 1.45 bits per heavy atom. The third-order valence-corrected chi connectivity index (χ3v) is 4.67. The maximum absolute atomic E-state index is 12.6. The van der Waals surface area contributed by atoms with E-state index in [4.69, 9.17) is 55.9 Å². The first-order valence-electron chi connectivity index (χ1n) is 9.28. The number of nitrogens with one attached hydrogen (secondary N) is 1. The number of ether oxygens (including phenoxy) is 2. The lowest BCUT2D eigenvalue weighted by Gasteiger charge is -2.19. The van der Waals surface area contributed by atoms with Gasteiger partial charge in [-0.05, 0) is 60.4 Å². The topological polar surface area (TPSA) is 64.6 Å². The number of halogens is 4. The Hall–Kier alpha value is -1.92. The predicted octanol–water partition coefficient (Wildman–Crippen LogP) is 7.52. The molecule has 166 valence electrons. The smallest absolute Gasteiger partial charge is 0.412 e. The van der Waals surface area contributed by atoms with Gasteiger partial charge in [-0.15, -0.1) is 0 Å². The second-order valence-corrected chi connectivity index (χ2v) is 8.93. The number of carbonyl (C=O) groups is 2. The molecule has 0 heterocycles. The van der Waals surface area contributed by atoms with Crippen molar-refractivity contribution in [3.8, 4) is 0 Å². The minimum Gasteiger partial charge on any atom is -0.462 e. The molecule has 1 atom stereocenters. The molecule has 0 aromatic heterocycles. The maximum atomic E-state index is 12.6. The molecule has 1 amide bonds. The monoisotopic (exact) mass is 503 g/mol. The van der Waals surface area contributed by atoms with Crippen LogP contribution in [0.4, 0.5) is 10.5 Å². The standard InChI is InChI=1S/C22H21Cl4NO4/c1-12(2)11-30-21(28)20(13(3)4-14-5-15(23)7-16(24)6-14)31-22(29)27-19-9-17(25)8-18(26)10-19/h4-10,12,20H,11H2,1-3H3,(H,27,29). The van der Waals surface area contributed by atoms with Crippen LogP contribution in [-0.2, 0) is 14.3 Å². The molecule has 1 unspecified atom stereocenters. The van der Waals surface area contributed by atoms with Gasteiger partial charge in [-0.25, -0.2) is 9.59 Å². The first-order chi connectivity index (χ1) is 14.5. The van der Waals surface area contributed by atoms with Crippen molar-refractivity contribution in [3.63, 3.8) is 0 Å². The fourth-order valence-corrected chi connectivity index (χ4v) is 3.60. The van der Waals surface area contributed by atoms with Crippen LogP contribution in [0.2, 0.25) is 20.1 Å². The first kappa shape index (κ1) is 25.3. The molecule has 5 nitrogen and oxygen atoms in total. The van der Waals surface area contributed by atoms with Crippen LogP contribution in [0.25, 0.3) is 6.08 Å². The fourth-order valence-electron chi connectivity index (χ4n) is 2.53. The van der Waals surface area contributed by atoms with E-state index in [0.717, 1.165) is 0 Å². The van der Waals surface area contributed by atoms with Gasteiger partial charge < -0.3 is 9.47 Å². The number of anilines is 1. The number of carbonyl (C=O) groups excluding carboxylic acids is 2. The summed E-state index contributed by atoms with van der Waals surface area (Å²) < 4.78 is 10.7. The largest absolute Gasteiger partial charge is 0.462 e. The van der Waals surface area contributed by atoms with Gasteiger partial charge in [0.2, 0.25) is 6.10 Å². The van der Waals surface area contributed by atoms with Crippen LogP contribution in [-0.4, -0.2) is 24.8 Å². The van der Waals surface area contributed by atoms with E-state index in [1.807, 2.05) is 13.8 Å². The summed E-state index contributed by atoms with van der Waals surface area (Å²) in [6.45, 7) is 5.62. The molecule has 0 saturated heterocycles. The van der Waals surface area contributed by atoms with Gasteiger partial charge in [-0.2, -0.15) is 0 Å². The van der Waals surface area contributed by atoms with Gasteiger partial charge in [0.15, 0.2) is 0 Å². The quantitative estimate of drug-likeness (QED) is 0.396. The second kappa shape index (κ2) is 11.6. The lowest BCUT2D eigenvalue weighted by atomic mass is 10.1. The van der Waals surface area contributed by atoms with E-state index in [1.165, 1.54) is 18.2 Å². The minimum absolute atomic E-state index is 0.114. The van der Waals surface area contributed by atoms with Crippen molar-refractivity contribution in [1.82, 2.24) is 0 Å². The van der Waals surface area contributed by atoms with E-state index >= 15 is 0 Å². The number of hydrogen-bond donors (Lipinski definition) is 1. The zero-order chi connectivity index (χ0) is 23.1. The number of hydrogen-bond acceptors (Lipinski definition) is 4. The molecule has 2 rings (SSSR count). The van der Waals surface area contributed by atoms with Gasteiger partial charge in [-0.3, -0.25) is 5.32 Å². The third kappa shape index (κ3) is 8.62. The highest BCUT2D eigenvalue weighted by Crippen LogP contribution is 2.24. The molecule has 0 aliphatic heterocycles. The molecule has 0 aliphatic rings. The molecule has 0 aliphatic carbocycles. The summed E-state index contributed by atoms with van der Waals surface area (Å²) in [7, 11) is 0. The predicted molar refractivity (Wildman–Crippen MR) is 126 cm³/mol. The van der Waals surface area contributed by atoms with E-state index in [9.17, 15) is 9.59 Å². The van der Waals surface area contributed by atoms with Crippen LogP contribution in [0, 0.1) is 5.92 Å². The normalized spacial score (nSPS) is 12.5. The lowest BCUT2D eigenvalue weighted by molar-refractivity contribution is -0.152. The Kier molecular flexibility index (Phi) is 9.51. The van der Waals surface area contributed by atoms with Crippen LogP contribution in [0.15, 0.2) is 42.0 Å². The van der Waals surface area contributed by atoms with Crippen LogP contribution < -0.4 is 5.32 Å². The number of benzene rings is 2. The van der Waals surface area contributed by atoms with Gasteiger partial charge in [0.25, 0.3) is 0 Å². The van der Waals surface area contributed by atoms with Crippen molar-refractivity contribution < 1.29 is 19.1 Å². The zero-order valence-electron chi connectivity index (χ0n) is 17.0. The van der Waals surface area contributed by atoms with E-state index < -0.39 is 18.2 Å². The van der Waals surface area contributed by atoms with Crippen molar-refractivity contribution in [2.24, 2.45) is 5.92 Å². The van der Waals surface area contributed by atoms with Gasteiger partial charge in [0.05, 0.1) is 6.61 Å². The molecule has 2 aromatic carbocycles. The number of rotatable bonds is 7. The van der Waals surface area contributed by atoms with Crippen molar-refractivity contribution in [1.29, 1.82) is 0 Å². The number of amides is 1. The Labute approximate surface area is 201 Å². The highest BCUT2D eigenvalue weighted by molar-refractivity contribution is 6.35. The molecule has 9 heteroatoms. The van der Waals surface area contributed by atoms with E-state index in [1.54, 1.807) is 31.2 Å². The Bertz CT molecular complexity index is 951. The van der Waals surface area contributed by atoms with Gasteiger partial charge in [0, 0.05) is 25.8 Å². The van der Waals surface area contributed by atoms with Crippen molar-refractivity contribution in [3.05, 3.63) is 67.6 Å². The average Bonchev–Trinajstić information content (AvgIpc) is 2.62. The fraction of sp³-hybridized carbons (Fsp3) is 0.273.